The zero-order chi connectivity index (χ0) is 18.3. The van der Waals surface area contributed by atoms with Crippen LogP contribution in [0.1, 0.15) is 44.7 Å². The number of carbonyl (C=O) groups excluding carboxylic acids is 1. The van der Waals surface area contributed by atoms with Crippen LogP contribution in [0, 0.1) is 19.7 Å². The fraction of sp³-hybridized carbons (Fsp3) is 0.389. The summed E-state index contributed by atoms with van der Waals surface area (Å²) in [4.78, 5) is 18.0. The van der Waals surface area contributed by atoms with Gasteiger partial charge in [0.15, 0.2) is 5.82 Å². The maximum atomic E-state index is 14.3. The van der Waals surface area contributed by atoms with Gasteiger partial charge in [0.1, 0.15) is 10.7 Å². The summed E-state index contributed by atoms with van der Waals surface area (Å²) in [6.45, 7) is 5.63. The van der Waals surface area contributed by atoms with Crippen molar-refractivity contribution in [2.24, 2.45) is 0 Å². The monoisotopic (exact) mass is 373 g/mol. The maximum absolute atomic E-state index is 14.3. The highest BCUT2D eigenvalue weighted by atomic mass is 32.1. The molecule has 1 aliphatic rings. The second-order valence-electron chi connectivity index (χ2n) is 6.63. The van der Waals surface area contributed by atoms with Crippen LogP contribution in [0.2, 0.25) is 0 Å². The predicted molar refractivity (Wildman–Crippen MR) is 99.5 cm³/mol. The number of hydrogen-bond donors (Lipinski definition) is 2. The summed E-state index contributed by atoms with van der Waals surface area (Å²) in [7, 11) is 0. The molecule has 8 heteroatoms. The Labute approximate surface area is 154 Å². The standard InChI is InChI=1S/C18H20FN5OS/c1-10-9-24-14(11(2)21-10)8-16(23-24)22-18(25)17-13(19)7-15(26-17)12-3-5-20-6-4-12/h7-9,12,20H,3-6H2,1-2H3,(H,22,23,25). The third-order valence-corrected chi connectivity index (χ3v) is 5.93. The van der Waals surface area contributed by atoms with Gasteiger partial charge >= 0.3 is 0 Å². The number of aryl methyl sites for hydroxylation is 2. The van der Waals surface area contributed by atoms with E-state index in [2.05, 4.69) is 20.7 Å². The Morgan fingerprint density at radius 2 is 2.12 bits per heavy atom. The molecule has 6 nitrogen and oxygen atoms in total. The molecule has 4 heterocycles. The number of aromatic nitrogens is 3. The number of nitrogens with one attached hydrogen (secondary N) is 2. The van der Waals surface area contributed by atoms with Crippen molar-refractivity contribution in [3.05, 3.63) is 45.3 Å². The molecule has 136 valence electrons. The van der Waals surface area contributed by atoms with Crippen LogP contribution in [-0.2, 0) is 0 Å². The van der Waals surface area contributed by atoms with Crippen LogP contribution in [0.3, 0.4) is 0 Å². The molecule has 26 heavy (non-hydrogen) atoms. The van der Waals surface area contributed by atoms with E-state index in [-0.39, 0.29) is 4.88 Å². The third-order valence-electron chi connectivity index (χ3n) is 4.65. The van der Waals surface area contributed by atoms with Crippen molar-refractivity contribution in [3.63, 3.8) is 0 Å². The number of amides is 1. The minimum absolute atomic E-state index is 0.113. The molecule has 0 aliphatic carbocycles. The Balaban J connectivity index is 1.56. The van der Waals surface area contributed by atoms with Crippen LogP contribution in [0.5, 0.6) is 0 Å². The van der Waals surface area contributed by atoms with Crippen LogP contribution in [0.25, 0.3) is 5.52 Å². The molecule has 1 fully saturated rings. The van der Waals surface area contributed by atoms with Gasteiger partial charge in [-0.1, -0.05) is 0 Å². The summed E-state index contributed by atoms with van der Waals surface area (Å²) in [6.07, 6.45) is 3.73. The van der Waals surface area contributed by atoms with Crippen molar-refractivity contribution in [1.82, 2.24) is 19.9 Å². The number of nitrogens with zero attached hydrogens (tertiary/aromatic N) is 3. The molecular formula is C18H20FN5OS. The lowest BCUT2D eigenvalue weighted by Crippen LogP contribution is -2.26. The highest BCUT2D eigenvalue weighted by Gasteiger charge is 2.23. The molecule has 0 aromatic carbocycles. The maximum Gasteiger partial charge on any atom is 0.269 e. The zero-order valence-electron chi connectivity index (χ0n) is 14.7. The van der Waals surface area contributed by atoms with Gasteiger partial charge in [-0.05, 0) is 51.8 Å². The fourth-order valence-electron chi connectivity index (χ4n) is 3.37. The Morgan fingerprint density at radius 3 is 2.88 bits per heavy atom. The first-order chi connectivity index (χ1) is 12.5. The molecule has 0 spiro atoms. The van der Waals surface area contributed by atoms with Crippen LogP contribution < -0.4 is 10.6 Å². The Bertz CT molecular complexity index is 974. The molecule has 1 aliphatic heterocycles. The summed E-state index contributed by atoms with van der Waals surface area (Å²) in [6, 6.07) is 3.26. The molecule has 0 bridgehead atoms. The largest absolute Gasteiger partial charge is 0.317 e. The van der Waals surface area contributed by atoms with Gasteiger partial charge in [0, 0.05) is 10.9 Å². The van der Waals surface area contributed by atoms with Gasteiger partial charge in [-0.15, -0.1) is 16.4 Å². The number of fused-ring (bicyclic) bond motifs is 1. The fourth-order valence-corrected chi connectivity index (χ4v) is 4.47. The first-order valence-corrected chi connectivity index (χ1v) is 9.48. The summed E-state index contributed by atoms with van der Waals surface area (Å²) in [5.74, 6) is -0.206. The number of rotatable bonds is 3. The smallest absolute Gasteiger partial charge is 0.269 e. The molecule has 0 unspecified atom stereocenters. The number of halogens is 1. The minimum atomic E-state index is -0.460. The molecule has 3 aromatic heterocycles. The summed E-state index contributed by atoms with van der Waals surface area (Å²) in [5, 5.41) is 10.4. The topological polar surface area (TPSA) is 71.3 Å². The van der Waals surface area contributed by atoms with E-state index in [0.29, 0.717) is 11.7 Å². The van der Waals surface area contributed by atoms with Crippen molar-refractivity contribution in [1.29, 1.82) is 0 Å². The van der Waals surface area contributed by atoms with E-state index >= 15 is 0 Å². The average molecular weight is 373 g/mol. The predicted octanol–water partition coefficient (Wildman–Crippen LogP) is 3.27. The number of hydrogen-bond acceptors (Lipinski definition) is 5. The van der Waals surface area contributed by atoms with Crippen LogP contribution in [0.4, 0.5) is 10.2 Å². The van der Waals surface area contributed by atoms with Gasteiger partial charge in [-0.2, -0.15) is 0 Å². The molecule has 0 radical (unpaired) electrons. The van der Waals surface area contributed by atoms with Crippen molar-refractivity contribution in [2.75, 3.05) is 18.4 Å². The molecule has 0 saturated carbocycles. The van der Waals surface area contributed by atoms with E-state index in [1.54, 1.807) is 16.8 Å². The molecule has 1 amide bonds. The summed E-state index contributed by atoms with van der Waals surface area (Å²) in [5.41, 5.74) is 2.48. The number of piperidine rings is 1. The number of carbonyl (C=O) groups is 1. The van der Waals surface area contributed by atoms with Gasteiger partial charge in [-0.3, -0.25) is 9.78 Å². The Kier molecular flexibility index (Phi) is 4.46. The molecule has 4 rings (SSSR count). The van der Waals surface area contributed by atoms with E-state index < -0.39 is 11.7 Å². The van der Waals surface area contributed by atoms with E-state index in [1.165, 1.54) is 17.4 Å². The van der Waals surface area contributed by atoms with E-state index in [4.69, 9.17) is 0 Å². The molecule has 1 saturated heterocycles. The summed E-state index contributed by atoms with van der Waals surface area (Å²) < 4.78 is 16.0. The van der Waals surface area contributed by atoms with Crippen LogP contribution in [0.15, 0.2) is 18.3 Å². The quantitative estimate of drug-likeness (QED) is 0.739. The van der Waals surface area contributed by atoms with Gasteiger partial charge in [0.05, 0.1) is 23.1 Å². The van der Waals surface area contributed by atoms with Gasteiger partial charge in [-0.25, -0.2) is 8.91 Å². The highest BCUT2D eigenvalue weighted by Crippen LogP contribution is 2.33. The van der Waals surface area contributed by atoms with Crippen LogP contribution in [-0.4, -0.2) is 33.6 Å². The Morgan fingerprint density at radius 1 is 1.35 bits per heavy atom. The van der Waals surface area contributed by atoms with Crippen molar-refractivity contribution in [3.8, 4) is 0 Å². The lowest BCUT2D eigenvalue weighted by atomic mass is 9.96. The van der Waals surface area contributed by atoms with Gasteiger partial charge in [0.2, 0.25) is 0 Å². The average Bonchev–Trinajstić information content (AvgIpc) is 3.19. The lowest BCUT2D eigenvalue weighted by Gasteiger charge is -2.21. The zero-order valence-corrected chi connectivity index (χ0v) is 15.5. The van der Waals surface area contributed by atoms with Crippen LogP contribution >= 0.6 is 11.3 Å². The van der Waals surface area contributed by atoms with Gasteiger partial charge in [0.25, 0.3) is 5.91 Å². The number of anilines is 1. The van der Waals surface area contributed by atoms with E-state index in [1.807, 2.05) is 13.8 Å². The lowest BCUT2D eigenvalue weighted by molar-refractivity contribution is 0.102. The molecule has 3 aromatic rings. The number of thiophene rings is 1. The minimum Gasteiger partial charge on any atom is -0.317 e. The SMILES string of the molecule is Cc1cn2nc(NC(=O)c3sc(C4CCNCC4)cc3F)cc2c(C)n1. The van der Waals surface area contributed by atoms with Crippen molar-refractivity contribution < 1.29 is 9.18 Å². The van der Waals surface area contributed by atoms with E-state index in [0.717, 1.165) is 47.7 Å². The van der Waals surface area contributed by atoms with Gasteiger partial charge < -0.3 is 10.6 Å². The highest BCUT2D eigenvalue weighted by molar-refractivity contribution is 7.14. The molecule has 2 N–H and O–H groups in total. The summed E-state index contributed by atoms with van der Waals surface area (Å²) >= 11 is 1.24. The Hall–Kier alpha value is -2.32. The molecule has 0 atom stereocenters. The normalized spacial score (nSPS) is 15.5. The third kappa shape index (κ3) is 3.22. The van der Waals surface area contributed by atoms with Crippen molar-refractivity contribution in [2.45, 2.75) is 32.6 Å². The molecular weight excluding hydrogens is 353 g/mol. The second kappa shape index (κ2) is 6.77. The second-order valence-corrected chi connectivity index (χ2v) is 7.72. The first-order valence-electron chi connectivity index (χ1n) is 8.66. The van der Waals surface area contributed by atoms with Crippen molar-refractivity contribution >= 4 is 28.6 Å². The first kappa shape index (κ1) is 17.1. The van der Waals surface area contributed by atoms with E-state index in [9.17, 15) is 9.18 Å².